The van der Waals surface area contributed by atoms with Crippen molar-refractivity contribution in [1.82, 2.24) is 5.32 Å². The first-order chi connectivity index (χ1) is 10.7. The lowest BCUT2D eigenvalue weighted by Gasteiger charge is -2.28. The summed E-state index contributed by atoms with van der Waals surface area (Å²) >= 11 is 0. The molecule has 0 radical (unpaired) electrons. The number of hydrogen-bond donors (Lipinski definition) is 2. The Hall–Kier alpha value is -0.0800. The van der Waals surface area contributed by atoms with Crippen LogP contribution in [0.25, 0.3) is 0 Å². The van der Waals surface area contributed by atoms with Crippen molar-refractivity contribution in [2.24, 2.45) is 23.5 Å². The minimum absolute atomic E-state index is 0.495. The van der Waals surface area contributed by atoms with Crippen molar-refractivity contribution < 1.29 is 0 Å². The molecule has 0 aromatic heterocycles. The molecule has 5 atom stereocenters. The molecule has 2 heteroatoms. The van der Waals surface area contributed by atoms with E-state index in [1.165, 1.54) is 83.5 Å². The normalized spacial score (nSPS) is 38.5. The smallest absolute Gasteiger partial charge is 0.00723 e. The highest BCUT2D eigenvalue weighted by Crippen LogP contribution is 2.39. The summed E-state index contributed by atoms with van der Waals surface area (Å²) in [5.74, 6) is 2.91. The van der Waals surface area contributed by atoms with Crippen LogP contribution in [0.5, 0.6) is 0 Å². The van der Waals surface area contributed by atoms with Gasteiger partial charge in [-0.05, 0) is 69.6 Å². The largest absolute Gasteiger partial charge is 0.327 e. The second-order valence-electron chi connectivity index (χ2n) is 8.67. The summed E-state index contributed by atoms with van der Waals surface area (Å²) in [6.45, 7) is 2.40. The van der Waals surface area contributed by atoms with E-state index in [9.17, 15) is 0 Å². The van der Waals surface area contributed by atoms with Crippen LogP contribution in [0.15, 0.2) is 0 Å². The molecule has 0 spiro atoms. The first-order valence-electron chi connectivity index (χ1n) is 10.2. The van der Waals surface area contributed by atoms with Crippen LogP contribution in [0.2, 0.25) is 0 Å². The molecule has 128 valence electrons. The monoisotopic (exact) mass is 306 g/mol. The van der Waals surface area contributed by atoms with Crippen LogP contribution in [-0.2, 0) is 0 Å². The van der Waals surface area contributed by atoms with Crippen LogP contribution in [-0.4, -0.2) is 18.1 Å². The fourth-order valence-electron chi connectivity index (χ4n) is 5.58. The highest BCUT2D eigenvalue weighted by molar-refractivity contribution is 4.87. The molecule has 3 fully saturated rings. The van der Waals surface area contributed by atoms with Gasteiger partial charge >= 0.3 is 0 Å². The molecule has 0 amide bonds. The lowest BCUT2D eigenvalue weighted by Crippen LogP contribution is -2.36. The van der Waals surface area contributed by atoms with E-state index in [-0.39, 0.29) is 0 Å². The van der Waals surface area contributed by atoms with Crippen LogP contribution in [0.4, 0.5) is 0 Å². The summed E-state index contributed by atoms with van der Waals surface area (Å²) in [7, 11) is 0. The second-order valence-corrected chi connectivity index (χ2v) is 8.67. The van der Waals surface area contributed by atoms with Crippen LogP contribution in [0.3, 0.4) is 0 Å². The van der Waals surface area contributed by atoms with Gasteiger partial charge in [0, 0.05) is 18.1 Å². The summed E-state index contributed by atoms with van der Waals surface area (Å²) in [5, 5.41) is 3.95. The van der Waals surface area contributed by atoms with Crippen molar-refractivity contribution in [3.8, 4) is 0 Å². The van der Waals surface area contributed by atoms with E-state index < -0.39 is 0 Å². The van der Waals surface area contributed by atoms with Crippen LogP contribution in [0.1, 0.15) is 90.4 Å². The highest BCUT2D eigenvalue weighted by Gasteiger charge is 2.32. The van der Waals surface area contributed by atoms with Gasteiger partial charge in [-0.15, -0.1) is 0 Å². The topological polar surface area (TPSA) is 38.0 Å². The second kappa shape index (κ2) is 8.15. The Kier molecular flexibility index (Phi) is 6.21. The predicted octanol–water partition coefficient (Wildman–Crippen LogP) is 4.62. The van der Waals surface area contributed by atoms with Gasteiger partial charge in [-0.2, -0.15) is 0 Å². The van der Waals surface area contributed by atoms with Crippen molar-refractivity contribution in [2.75, 3.05) is 0 Å². The zero-order chi connectivity index (χ0) is 15.4. The fourth-order valence-corrected chi connectivity index (χ4v) is 5.58. The van der Waals surface area contributed by atoms with Crippen molar-refractivity contribution >= 4 is 0 Å². The minimum Gasteiger partial charge on any atom is -0.327 e. The molecule has 22 heavy (non-hydrogen) atoms. The van der Waals surface area contributed by atoms with Gasteiger partial charge in [-0.3, -0.25) is 0 Å². The third kappa shape index (κ3) is 4.47. The molecule has 5 unspecified atom stereocenters. The van der Waals surface area contributed by atoms with E-state index in [2.05, 4.69) is 12.2 Å². The Morgan fingerprint density at radius 1 is 0.909 bits per heavy atom. The third-order valence-electron chi connectivity index (χ3n) is 7.00. The SMILES string of the molecule is CC(CCC1CCCC1N)NC1CCC(C2CCCCC2)C1. The molecule has 3 rings (SSSR count). The Morgan fingerprint density at radius 2 is 1.73 bits per heavy atom. The summed E-state index contributed by atoms with van der Waals surface area (Å²) in [5.41, 5.74) is 6.21. The van der Waals surface area contributed by atoms with Gasteiger partial charge in [0.05, 0.1) is 0 Å². The van der Waals surface area contributed by atoms with Crippen molar-refractivity contribution in [2.45, 2.75) is 109 Å². The van der Waals surface area contributed by atoms with E-state index in [0.29, 0.717) is 12.1 Å². The summed E-state index contributed by atoms with van der Waals surface area (Å²) < 4.78 is 0. The van der Waals surface area contributed by atoms with E-state index in [4.69, 9.17) is 5.73 Å². The maximum atomic E-state index is 6.21. The van der Waals surface area contributed by atoms with Gasteiger partial charge in [0.1, 0.15) is 0 Å². The molecule has 3 N–H and O–H groups in total. The maximum Gasteiger partial charge on any atom is 0.00723 e. The molecule has 0 bridgehead atoms. The highest BCUT2D eigenvalue weighted by atomic mass is 14.9. The van der Waals surface area contributed by atoms with E-state index in [0.717, 1.165) is 23.8 Å². The molecule has 0 aromatic rings. The Labute approximate surface area is 138 Å². The Morgan fingerprint density at radius 3 is 2.45 bits per heavy atom. The summed E-state index contributed by atoms with van der Waals surface area (Å²) in [4.78, 5) is 0. The first kappa shape index (κ1) is 16.8. The van der Waals surface area contributed by atoms with E-state index in [1.54, 1.807) is 0 Å². The molecule has 3 aliphatic rings. The van der Waals surface area contributed by atoms with E-state index >= 15 is 0 Å². The molecule has 3 saturated carbocycles. The lowest BCUT2D eigenvalue weighted by atomic mass is 9.79. The lowest BCUT2D eigenvalue weighted by molar-refractivity contribution is 0.246. The summed E-state index contributed by atoms with van der Waals surface area (Å²) in [6, 6.07) is 1.98. The third-order valence-corrected chi connectivity index (χ3v) is 7.00. The van der Waals surface area contributed by atoms with Crippen LogP contribution < -0.4 is 11.1 Å². The van der Waals surface area contributed by atoms with Gasteiger partial charge < -0.3 is 11.1 Å². The first-order valence-corrected chi connectivity index (χ1v) is 10.2. The van der Waals surface area contributed by atoms with Gasteiger partial charge in [-0.1, -0.05) is 38.5 Å². The molecular formula is C20H38N2. The molecule has 2 nitrogen and oxygen atoms in total. The number of nitrogens with two attached hydrogens (primary N) is 1. The van der Waals surface area contributed by atoms with E-state index in [1.807, 2.05) is 0 Å². The maximum absolute atomic E-state index is 6.21. The average Bonchev–Trinajstić information content (AvgIpc) is 3.15. The van der Waals surface area contributed by atoms with Crippen LogP contribution in [0, 0.1) is 17.8 Å². The Bertz CT molecular complexity index is 324. The fraction of sp³-hybridized carbons (Fsp3) is 1.00. The molecule has 0 heterocycles. The predicted molar refractivity (Wildman–Crippen MR) is 94.9 cm³/mol. The van der Waals surface area contributed by atoms with Crippen molar-refractivity contribution in [1.29, 1.82) is 0 Å². The van der Waals surface area contributed by atoms with Gasteiger partial charge in [-0.25, -0.2) is 0 Å². The quantitative estimate of drug-likeness (QED) is 0.751. The molecule has 0 aromatic carbocycles. The van der Waals surface area contributed by atoms with Gasteiger partial charge in [0.2, 0.25) is 0 Å². The molecule has 0 aliphatic heterocycles. The minimum atomic E-state index is 0.495. The van der Waals surface area contributed by atoms with Gasteiger partial charge in [0.25, 0.3) is 0 Å². The number of hydrogen-bond acceptors (Lipinski definition) is 2. The van der Waals surface area contributed by atoms with Crippen molar-refractivity contribution in [3.63, 3.8) is 0 Å². The number of rotatable bonds is 6. The van der Waals surface area contributed by atoms with Crippen LogP contribution >= 0.6 is 0 Å². The average molecular weight is 307 g/mol. The van der Waals surface area contributed by atoms with Crippen molar-refractivity contribution in [3.05, 3.63) is 0 Å². The zero-order valence-electron chi connectivity index (χ0n) is 14.7. The number of nitrogens with one attached hydrogen (secondary N) is 1. The summed E-state index contributed by atoms with van der Waals surface area (Å²) in [6.07, 6.45) is 18.6. The molecule has 3 aliphatic carbocycles. The molecular weight excluding hydrogens is 268 g/mol. The Balaban J connectivity index is 1.34. The zero-order valence-corrected chi connectivity index (χ0v) is 14.7. The standard InChI is InChI=1S/C20H38N2/c1-15(10-11-17-8-5-9-20(17)21)22-19-13-12-18(14-19)16-6-3-2-4-7-16/h15-20,22H,2-14,21H2,1H3. The van der Waals surface area contributed by atoms with Gasteiger partial charge in [0.15, 0.2) is 0 Å². The molecule has 0 saturated heterocycles.